The summed E-state index contributed by atoms with van der Waals surface area (Å²) in [5, 5.41) is 0.561. The van der Waals surface area contributed by atoms with Gasteiger partial charge in [-0.05, 0) is 30.9 Å². The van der Waals surface area contributed by atoms with Crippen LogP contribution in [0.4, 0.5) is 0 Å². The van der Waals surface area contributed by atoms with Crippen LogP contribution in [0.25, 0.3) is 0 Å². The summed E-state index contributed by atoms with van der Waals surface area (Å²) in [6, 6.07) is 12.1. The van der Waals surface area contributed by atoms with Gasteiger partial charge in [0.05, 0.1) is 5.02 Å². The molecule has 3 nitrogen and oxygen atoms in total. The van der Waals surface area contributed by atoms with E-state index in [-0.39, 0.29) is 5.91 Å². The quantitative estimate of drug-likeness (QED) is 0.808. The van der Waals surface area contributed by atoms with Gasteiger partial charge >= 0.3 is 0 Å². The lowest BCUT2D eigenvalue weighted by Gasteiger charge is -2.16. The van der Waals surface area contributed by atoms with Gasteiger partial charge in [-0.1, -0.05) is 41.9 Å². The van der Waals surface area contributed by atoms with Gasteiger partial charge in [0.25, 0.3) is 5.91 Å². The normalized spacial score (nSPS) is 10.5. The van der Waals surface area contributed by atoms with E-state index >= 15 is 0 Å². The molecule has 0 saturated carbocycles. The third-order valence-corrected chi connectivity index (χ3v) is 3.49. The summed E-state index contributed by atoms with van der Waals surface area (Å²) >= 11 is 5.80. The van der Waals surface area contributed by atoms with Crippen molar-refractivity contribution < 1.29 is 4.79 Å². The molecule has 0 atom stereocenters. The van der Waals surface area contributed by atoms with Crippen LogP contribution in [0.1, 0.15) is 28.9 Å². The number of amides is 1. The average molecular weight is 291 g/mol. The Morgan fingerprint density at radius 1 is 1.25 bits per heavy atom. The maximum Gasteiger partial charge on any atom is 0.270 e. The number of benzene rings is 1. The van der Waals surface area contributed by atoms with Crippen LogP contribution in [0.5, 0.6) is 0 Å². The van der Waals surface area contributed by atoms with Crippen LogP contribution >= 0.6 is 11.6 Å². The van der Waals surface area contributed by atoms with Gasteiger partial charge in [-0.3, -0.25) is 4.79 Å². The molecule has 1 N–H and O–H groups in total. The number of H-pyrrole nitrogens is 1. The van der Waals surface area contributed by atoms with Crippen molar-refractivity contribution >= 4 is 17.5 Å². The number of aromatic nitrogens is 1. The van der Waals surface area contributed by atoms with Crippen LogP contribution in [0.3, 0.4) is 0 Å². The van der Waals surface area contributed by atoms with Gasteiger partial charge in [-0.25, -0.2) is 0 Å². The van der Waals surface area contributed by atoms with E-state index in [4.69, 9.17) is 11.6 Å². The number of unbranched alkanes of at least 4 members (excludes halogenated alkanes) is 1. The van der Waals surface area contributed by atoms with E-state index in [2.05, 4.69) is 29.2 Å². The number of aryl methyl sites for hydroxylation is 1. The minimum absolute atomic E-state index is 0.0170. The summed E-state index contributed by atoms with van der Waals surface area (Å²) in [6.07, 6.45) is 4.74. The predicted octanol–water partition coefficient (Wildman–Crippen LogP) is 3.76. The molecule has 2 aromatic rings. The molecule has 0 aliphatic carbocycles. The molecule has 20 heavy (non-hydrogen) atoms. The Morgan fingerprint density at radius 3 is 2.65 bits per heavy atom. The van der Waals surface area contributed by atoms with Gasteiger partial charge in [-0.15, -0.1) is 0 Å². The fraction of sp³-hybridized carbons (Fsp3) is 0.312. The monoisotopic (exact) mass is 290 g/mol. The zero-order valence-electron chi connectivity index (χ0n) is 11.6. The summed E-state index contributed by atoms with van der Waals surface area (Å²) in [6.45, 7) is 0.752. The fourth-order valence-corrected chi connectivity index (χ4v) is 2.28. The molecule has 1 aromatic carbocycles. The summed E-state index contributed by atoms with van der Waals surface area (Å²) in [5.74, 6) is -0.0170. The first-order chi connectivity index (χ1) is 9.66. The van der Waals surface area contributed by atoms with Crippen molar-refractivity contribution in [2.75, 3.05) is 13.6 Å². The molecule has 0 aliphatic rings. The molecule has 4 heteroatoms. The van der Waals surface area contributed by atoms with Crippen molar-refractivity contribution in [3.8, 4) is 0 Å². The number of rotatable bonds is 6. The second-order valence-corrected chi connectivity index (χ2v) is 5.34. The Hall–Kier alpha value is -1.74. The van der Waals surface area contributed by atoms with E-state index in [0.29, 0.717) is 10.7 Å². The lowest BCUT2D eigenvalue weighted by Crippen LogP contribution is -2.28. The highest BCUT2D eigenvalue weighted by Gasteiger charge is 2.12. The Morgan fingerprint density at radius 2 is 2.00 bits per heavy atom. The number of hydrogen-bond donors (Lipinski definition) is 1. The highest BCUT2D eigenvalue weighted by atomic mass is 35.5. The van der Waals surface area contributed by atoms with Crippen molar-refractivity contribution in [2.45, 2.75) is 19.3 Å². The van der Waals surface area contributed by atoms with Gasteiger partial charge in [0, 0.05) is 19.8 Å². The van der Waals surface area contributed by atoms with Crippen LogP contribution in [-0.4, -0.2) is 29.4 Å². The molecule has 1 heterocycles. The van der Waals surface area contributed by atoms with Crippen molar-refractivity contribution in [3.05, 3.63) is 58.9 Å². The predicted molar refractivity (Wildman–Crippen MR) is 82.1 cm³/mol. The molecule has 1 aromatic heterocycles. The third kappa shape index (κ3) is 4.14. The molecule has 0 fully saturated rings. The second-order valence-electron chi connectivity index (χ2n) is 4.90. The third-order valence-electron chi connectivity index (χ3n) is 3.28. The van der Waals surface area contributed by atoms with Gasteiger partial charge in [0.15, 0.2) is 0 Å². The van der Waals surface area contributed by atoms with Crippen molar-refractivity contribution in [3.63, 3.8) is 0 Å². The summed E-state index contributed by atoms with van der Waals surface area (Å²) < 4.78 is 0. The number of carbonyl (C=O) groups is 1. The Bertz CT molecular complexity index is 551. The number of nitrogens with one attached hydrogen (secondary N) is 1. The molecule has 1 amide bonds. The van der Waals surface area contributed by atoms with Crippen LogP contribution in [0, 0.1) is 0 Å². The lowest BCUT2D eigenvalue weighted by atomic mass is 10.1. The van der Waals surface area contributed by atoms with E-state index in [1.54, 1.807) is 17.2 Å². The molecular formula is C16H19ClN2O. The minimum Gasteiger partial charge on any atom is -0.356 e. The largest absolute Gasteiger partial charge is 0.356 e. The topological polar surface area (TPSA) is 36.1 Å². The first kappa shape index (κ1) is 14.7. The molecule has 0 bridgehead atoms. The molecule has 2 rings (SSSR count). The van der Waals surface area contributed by atoms with Crippen LogP contribution < -0.4 is 0 Å². The van der Waals surface area contributed by atoms with Crippen molar-refractivity contribution in [2.24, 2.45) is 0 Å². The van der Waals surface area contributed by atoms with E-state index in [0.717, 1.165) is 25.8 Å². The van der Waals surface area contributed by atoms with Gasteiger partial charge < -0.3 is 9.88 Å². The number of hydrogen-bond acceptors (Lipinski definition) is 1. The Balaban J connectivity index is 1.72. The number of aromatic amines is 1. The number of nitrogens with zero attached hydrogens (tertiary/aromatic N) is 1. The number of halogens is 1. The SMILES string of the molecule is CN(CCCCc1ccccc1)C(=O)c1cc(Cl)c[nH]1. The Labute approximate surface area is 124 Å². The average Bonchev–Trinajstić information content (AvgIpc) is 2.90. The fourth-order valence-electron chi connectivity index (χ4n) is 2.12. The van der Waals surface area contributed by atoms with Gasteiger partial charge in [0.1, 0.15) is 5.69 Å². The summed E-state index contributed by atoms with van der Waals surface area (Å²) in [4.78, 5) is 16.7. The van der Waals surface area contributed by atoms with Gasteiger partial charge in [-0.2, -0.15) is 0 Å². The van der Waals surface area contributed by atoms with E-state index in [9.17, 15) is 4.79 Å². The summed E-state index contributed by atoms with van der Waals surface area (Å²) in [7, 11) is 1.82. The maximum atomic E-state index is 12.1. The minimum atomic E-state index is -0.0170. The highest BCUT2D eigenvalue weighted by Crippen LogP contribution is 2.11. The first-order valence-corrected chi connectivity index (χ1v) is 7.18. The van der Waals surface area contributed by atoms with Crippen molar-refractivity contribution in [1.29, 1.82) is 0 Å². The summed E-state index contributed by atoms with van der Waals surface area (Å²) in [5.41, 5.74) is 1.89. The standard InChI is InChI=1S/C16H19ClN2O/c1-19(16(20)15-11-14(17)12-18-15)10-6-5-9-13-7-3-2-4-8-13/h2-4,7-8,11-12,18H,5-6,9-10H2,1H3. The molecule has 0 spiro atoms. The molecule has 0 saturated heterocycles. The zero-order valence-corrected chi connectivity index (χ0v) is 12.4. The smallest absolute Gasteiger partial charge is 0.270 e. The molecular weight excluding hydrogens is 272 g/mol. The Kier molecular flexibility index (Phi) is 5.24. The molecule has 0 radical (unpaired) electrons. The molecule has 0 unspecified atom stereocenters. The maximum absolute atomic E-state index is 12.1. The van der Waals surface area contributed by atoms with E-state index in [1.807, 2.05) is 13.1 Å². The van der Waals surface area contributed by atoms with Gasteiger partial charge in [0.2, 0.25) is 0 Å². The van der Waals surface area contributed by atoms with Crippen molar-refractivity contribution in [1.82, 2.24) is 9.88 Å². The molecule has 106 valence electrons. The van der Waals surface area contributed by atoms with Crippen LogP contribution in [-0.2, 0) is 6.42 Å². The van der Waals surface area contributed by atoms with E-state index < -0.39 is 0 Å². The number of carbonyl (C=O) groups excluding carboxylic acids is 1. The highest BCUT2D eigenvalue weighted by molar-refractivity contribution is 6.30. The lowest BCUT2D eigenvalue weighted by molar-refractivity contribution is 0.0788. The second kappa shape index (κ2) is 7.15. The van der Waals surface area contributed by atoms with Crippen LogP contribution in [0.2, 0.25) is 5.02 Å². The zero-order chi connectivity index (χ0) is 14.4. The first-order valence-electron chi connectivity index (χ1n) is 6.80. The van der Waals surface area contributed by atoms with E-state index in [1.165, 1.54) is 5.56 Å². The van der Waals surface area contributed by atoms with Crippen LogP contribution in [0.15, 0.2) is 42.6 Å². The molecule has 0 aliphatic heterocycles.